The number of methoxy groups -OCH3 is 1. The van der Waals surface area contributed by atoms with Gasteiger partial charge < -0.3 is 24.3 Å². The maximum atomic E-state index is 14.4. The van der Waals surface area contributed by atoms with E-state index in [-0.39, 0.29) is 30.8 Å². The van der Waals surface area contributed by atoms with Crippen molar-refractivity contribution in [3.8, 4) is 0 Å². The van der Waals surface area contributed by atoms with Crippen molar-refractivity contribution in [2.45, 2.75) is 33.2 Å². The molecule has 2 aliphatic rings. The smallest absolute Gasteiger partial charge is 0.252 e. The predicted octanol–water partition coefficient (Wildman–Crippen LogP) is 2.13. The van der Waals surface area contributed by atoms with Crippen molar-refractivity contribution in [1.29, 1.82) is 0 Å². The van der Waals surface area contributed by atoms with Gasteiger partial charge in [-0.1, -0.05) is 13.8 Å². The normalized spacial score (nSPS) is 19.6. The molecule has 0 unspecified atom stereocenters. The molecule has 0 spiro atoms. The Balaban J connectivity index is 1.88. The number of hydrogen-bond donors (Lipinski definition) is 0. The summed E-state index contributed by atoms with van der Waals surface area (Å²) in [7, 11) is 3.60. The van der Waals surface area contributed by atoms with Crippen LogP contribution in [0, 0.1) is 11.7 Å². The number of carbonyl (C=O) groups is 2. The lowest BCUT2D eigenvalue weighted by Crippen LogP contribution is -2.49. The number of likely N-dealkylation sites (N-methyl/N-ethyl adjacent to an activating group) is 1. The number of fused-ring (bicyclic) bond motifs is 1. The van der Waals surface area contributed by atoms with Gasteiger partial charge in [-0.3, -0.25) is 14.5 Å². The maximum Gasteiger partial charge on any atom is 0.252 e. The van der Waals surface area contributed by atoms with Crippen LogP contribution in [0.4, 0.5) is 10.1 Å². The van der Waals surface area contributed by atoms with Crippen molar-refractivity contribution < 1.29 is 18.7 Å². The molecule has 2 heterocycles. The first-order valence-corrected chi connectivity index (χ1v) is 13.3. The fraction of sp³-hybridized carbons (Fsp3) is 0.704. The van der Waals surface area contributed by atoms with Crippen molar-refractivity contribution >= 4 is 17.5 Å². The number of ether oxygens (including phenoxy) is 1. The molecule has 1 saturated heterocycles. The molecular weight excluding hydrogens is 461 g/mol. The Morgan fingerprint density at radius 3 is 2.31 bits per heavy atom. The molecule has 0 aliphatic carbocycles. The van der Waals surface area contributed by atoms with Crippen LogP contribution >= 0.6 is 0 Å². The first-order valence-electron chi connectivity index (χ1n) is 13.3. The predicted molar refractivity (Wildman–Crippen MR) is 140 cm³/mol. The monoisotopic (exact) mass is 505 g/mol. The molecule has 0 aromatic heterocycles. The number of nitrogens with zero attached hydrogens (tertiary/aromatic N) is 5. The van der Waals surface area contributed by atoms with Crippen LogP contribution in [0.3, 0.4) is 0 Å². The number of anilines is 1. The third kappa shape index (κ3) is 8.50. The average Bonchev–Trinajstić information content (AvgIpc) is 2.82. The molecule has 0 N–H and O–H groups in total. The number of carbonyl (C=O) groups excluding carboxylic acids is 2. The summed E-state index contributed by atoms with van der Waals surface area (Å²) in [6.45, 7) is 12.5. The highest BCUT2D eigenvalue weighted by molar-refractivity contribution is 5.95. The average molecular weight is 506 g/mol. The number of amides is 2. The summed E-state index contributed by atoms with van der Waals surface area (Å²) in [6, 6.07) is 4.52. The molecular formula is C27H44FN5O3. The van der Waals surface area contributed by atoms with Crippen molar-refractivity contribution in [2.24, 2.45) is 5.92 Å². The Morgan fingerprint density at radius 2 is 1.64 bits per heavy atom. The Labute approximate surface area is 215 Å². The van der Waals surface area contributed by atoms with E-state index >= 15 is 0 Å². The highest BCUT2D eigenvalue weighted by Gasteiger charge is 2.25. The zero-order valence-electron chi connectivity index (χ0n) is 22.5. The first-order chi connectivity index (χ1) is 17.3. The number of halogens is 1. The number of rotatable bonds is 6. The van der Waals surface area contributed by atoms with Gasteiger partial charge in [-0.2, -0.15) is 0 Å². The van der Waals surface area contributed by atoms with Crippen molar-refractivity contribution in [3.05, 3.63) is 29.6 Å². The lowest BCUT2D eigenvalue weighted by atomic mass is 10.1. The van der Waals surface area contributed by atoms with Crippen LogP contribution in [0.15, 0.2) is 18.2 Å². The number of piperazine rings is 1. The summed E-state index contributed by atoms with van der Waals surface area (Å²) in [4.78, 5) is 37.0. The van der Waals surface area contributed by atoms with Gasteiger partial charge in [0.15, 0.2) is 0 Å². The summed E-state index contributed by atoms with van der Waals surface area (Å²) >= 11 is 0. The van der Waals surface area contributed by atoms with Gasteiger partial charge in [0.25, 0.3) is 5.91 Å². The minimum Gasteiger partial charge on any atom is -0.375 e. The highest BCUT2D eigenvalue weighted by atomic mass is 19.1. The Morgan fingerprint density at radius 1 is 0.944 bits per heavy atom. The molecule has 9 heteroatoms. The van der Waals surface area contributed by atoms with Crippen LogP contribution in [0.2, 0.25) is 0 Å². The first kappa shape index (κ1) is 28.5. The van der Waals surface area contributed by atoms with Gasteiger partial charge in [0, 0.05) is 65.2 Å². The summed E-state index contributed by atoms with van der Waals surface area (Å²) in [5.74, 6) is 0.0579. The van der Waals surface area contributed by atoms with E-state index in [1.807, 2.05) is 4.90 Å². The Bertz CT molecular complexity index is 860. The molecule has 0 radical (unpaired) electrons. The molecule has 202 valence electrons. The minimum atomic E-state index is -0.366. The molecule has 3 rings (SSSR count). The fourth-order valence-corrected chi connectivity index (χ4v) is 5.07. The van der Waals surface area contributed by atoms with Gasteiger partial charge in [-0.05, 0) is 62.7 Å². The van der Waals surface area contributed by atoms with Gasteiger partial charge in [0.05, 0.1) is 6.54 Å². The quantitative estimate of drug-likeness (QED) is 0.591. The third-order valence-corrected chi connectivity index (χ3v) is 6.95. The van der Waals surface area contributed by atoms with E-state index in [0.717, 1.165) is 58.7 Å². The Hall–Kier alpha value is -2.07. The molecule has 1 fully saturated rings. The largest absolute Gasteiger partial charge is 0.375 e. The van der Waals surface area contributed by atoms with E-state index in [1.165, 1.54) is 19.2 Å². The van der Waals surface area contributed by atoms with E-state index in [1.54, 1.807) is 11.0 Å². The highest BCUT2D eigenvalue weighted by Crippen LogP contribution is 2.25. The topological polar surface area (TPSA) is 59.6 Å². The third-order valence-electron chi connectivity index (χ3n) is 6.95. The van der Waals surface area contributed by atoms with Crippen molar-refractivity contribution in [2.75, 3.05) is 91.1 Å². The lowest BCUT2D eigenvalue weighted by Gasteiger charge is -2.35. The fourth-order valence-electron chi connectivity index (χ4n) is 5.07. The van der Waals surface area contributed by atoms with Crippen LogP contribution in [0.25, 0.3) is 0 Å². The minimum absolute atomic E-state index is 0.0431. The Kier molecular flexibility index (Phi) is 11.1. The zero-order chi connectivity index (χ0) is 26.1. The maximum absolute atomic E-state index is 14.4. The molecule has 1 aromatic carbocycles. The van der Waals surface area contributed by atoms with Crippen LogP contribution in [-0.4, -0.2) is 118 Å². The standard InChI is InChI=1S/C27H44FN5O3/c1-22(2)18-30-9-5-11-32(26(34)20-31-15-13-29(3)14-16-31)19-23-17-24(28)7-8-25(23)33(12-6-10-30)27(35)21-36-4/h7-8,17,22H,5-6,9-16,18-21H2,1-4H3. The molecule has 2 aliphatic heterocycles. The van der Waals surface area contributed by atoms with Crippen LogP contribution < -0.4 is 4.90 Å². The molecule has 0 atom stereocenters. The summed E-state index contributed by atoms with van der Waals surface area (Å²) < 4.78 is 19.5. The second kappa shape index (κ2) is 14.0. The molecule has 8 nitrogen and oxygen atoms in total. The molecule has 0 saturated carbocycles. The summed E-state index contributed by atoms with van der Waals surface area (Å²) in [5.41, 5.74) is 1.32. The zero-order valence-corrected chi connectivity index (χ0v) is 22.5. The summed E-state index contributed by atoms with van der Waals surface area (Å²) in [6.07, 6.45) is 1.67. The second-order valence-corrected chi connectivity index (χ2v) is 10.5. The van der Waals surface area contributed by atoms with Crippen LogP contribution in [0.1, 0.15) is 32.3 Å². The van der Waals surface area contributed by atoms with Gasteiger partial charge in [-0.15, -0.1) is 0 Å². The van der Waals surface area contributed by atoms with Gasteiger partial charge in [0.1, 0.15) is 12.4 Å². The second-order valence-electron chi connectivity index (χ2n) is 10.5. The lowest BCUT2D eigenvalue weighted by molar-refractivity contribution is -0.133. The number of hydrogen-bond acceptors (Lipinski definition) is 6. The van der Waals surface area contributed by atoms with Crippen molar-refractivity contribution in [1.82, 2.24) is 19.6 Å². The van der Waals surface area contributed by atoms with Gasteiger partial charge in [0.2, 0.25) is 5.91 Å². The SMILES string of the molecule is COCC(=O)N1CCCN(CC(C)C)CCCN(C(=O)CN2CCN(C)CC2)Cc2cc(F)ccc21. The molecule has 1 aromatic rings. The van der Waals surface area contributed by atoms with E-state index in [4.69, 9.17) is 4.74 Å². The van der Waals surface area contributed by atoms with E-state index in [0.29, 0.717) is 36.8 Å². The molecule has 0 bridgehead atoms. The van der Waals surface area contributed by atoms with E-state index < -0.39 is 0 Å². The van der Waals surface area contributed by atoms with E-state index in [2.05, 4.69) is 35.6 Å². The van der Waals surface area contributed by atoms with Gasteiger partial charge >= 0.3 is 0 Å². The molecule has 2 amide bonds. The van der Waals surface area contributed by atoms with Crippen LogP contribution in [-0.2, 0) is 20.9 Å². The van der Waals surface area contributed by atoms with E-state index in [9.17, 15) is 14.0 Å². The molecule has 36 heavy (non-hydrogen) atoms. The van der Waals surface area contributed by atoms with Crippen LogP contribution in [0.5, 0.6) is 0 Å². The number of benzene rings is 1. The summed E-state index contributed by atoms with van der Waals surface area (Å²) in [5, 5.41) is 0. The van der Waals surface area contributed by atoms with Crippen molar-refractivity contribution in [3.63, 3.8) is 0 Å². The van der Waals surface area contributed by atoms with Gasteiger partial charge in [-0.25, -0.2) is 4.39 Å².